The number of alkyl halides is 1. The molecule has 0 unspecified atom stereocenters. The van der Waals surface area contributed by atoms with Crippen molar-refractivity contribution in [2.24, 2.45) is 0 Å². The van der Waals surface area contributed by atoms with Crippen molar-refractivity contribution in [2.75, 3.05) is 12.4 Å². The van der Waals surface area contributed by atoms with Gasteiger partial charge in [0.1, 0.15) is 0 Å². The molecule has 1 aromatic rings. The zero-order valence-corrected chi connectivity index (χ0v) is 13.3. The summed E-state index contributed by atoms with van der Waals surface area (Å²) in [5.41, 5.74) is 2.49. The lowest BCUT2D eigenvalue weighted by Gasteiger charge is -2.08. The molecule has 20 heavy (non-hydrogen) atoms. The zero-order valence-electron chi connectivity index (χ0n) is 11.7. The van der Waals surface area contributed by atoms with Crippen molar-refractivity contribution in [1.29, 1.82) is 0 Å². The molecule has 0 spiro atoms. The summed E-state index contributed by atoms with van der Waals surface area (Å²) < 4.78 is 27.1. The van der Waals surface area contributed by atoms with Crippen LogP contribution in [0.25, 0.3) is 0 Å². The summed E-state index contributed by atoms with van der Waals surface area (Å²) >= 11 is 5.60. The van der Waals surface area contributed by atoms with Gasteiger partial charge in [0.15, 0.2) is 0 Å². The van der Waals surface area contributed by atoms with Gasteiger partial charge in [-0.3, -0.25) is 0 Å². The van der Waals surface area contributed by atoms with Crippen LogP contribution in [-0.2, 0) is 22.9 Å². The lowest BCUT2D eigenvalue weighted by molar-refractivity contribution is 0.573. The molecule has 1 aromatic carbocycles. The van der Waals surface area contributed by atoms with Crippen LogP contribution in [0.15, 0.2) is 23.1 Å². The molecule has 0 atom stereocenters. The van der Waals surface area contributed by atoms with Gasteiger partial charge in [0.25, 0.3) is 0 Å². The normalized spacial score (nSPS) is 14.4. The topological polar surface area (TPSA) is 46.2 Å². The SMILES string of the molecule is O=S(=O)(NCCCCCCCl)c1ccc2c(c1)CCC2. The summed E-state index contributed by atoms with van der Waals surface area (Å²) in [7, 11) is -3.35. The molecule has 0 radical (unpaired) electrons. The van der Waals surface area contributed by atoms with E-state index in [1.54, 1.807) is 6.07 Å². The van der Waals surface area contributed by atoms with Gasteiger partial charge in [-0.1, -0.05) is 18.9 Å². The van der Waals surface area contributed by atoms with Crippen LogP contribution in [-0.4, -0.2) is 20.8 Å². The molecule has 0 aliphatic heterocycles. The van der Waals surface area contributed by atoms with E-state index < -0.39 is 10.0 Å². The minimum atomic E-state index is -3.35. The molecule has 1 aliphatic rings. The lowest BCUT2D eigenvalue weighted by Crippen LogP contribution is -2.24. The van der Waals surface area contributed by atoms with Gasteiger partial charge in [0.05, 0.1) is 4.90 Å². The Morgan fingerprint density at radius 1 is 1.05 bits per heavy atom. The second-order valence-electron chi connectivity index (χ2n) is 5.29. The number of hydrogen-bond donors (Lipinski definition) is 1. The highest BCUT2D eigenvalue weighted by Gasteiger charge is 2.17. The lowest BCUT2D eigenvalue weighted by atomic mass is 10.1. The third kappa shape index (κ3) is 4.21. The largest absolute Gasteiger partial charge is 0.240 e. The minimum Gasteiger partial charge on any atom is -0.211 e. The van der Waals surface area contributed by atoms with Crippen molar-refractivity contribution in [3.63, 3.8) is 0 Å². The molecule has 112 valence electrons. The Kier molecular flexibility index (Phi) is 5.87. The second-order valence-corrected chi connectivity index (χ2v) is 7.43. The van der Waals surface area contributed by atoms with Gasteiger partial charge >= 0.3 is 0 Å². The van der Waals surface area contributed by atoms with E-state index in [9.17, 15) is 8.42 Å². The molecule has 1 aliphatic carbocycles. The van der Waals surface area contributed by atoms with Gasteiger partial charge in [-0.25, -0.2) is 13.1 Å². The van der Waals surface area contributed by atoms with E-state index in [4.69, 9.17) is 11.6 Å². The number of aryl methyl sites for hydroxylation is 2. The Morgan fingerprint density at radius 2 is 1.80 bits per heavy atom. The Labute approximate surface area is 126 Å². The molecular weight excluding hydrogens is 294 g/mol. The molecule has 0 bridgehead atoms. The van der Waals surface area contributed by atoms with E-state index in [1.165, 1.54) is 11.1 Å². The van der Waals surface area contributed by atoms with Gasteiger partial charge < -0.3 is 0 Å². The van der Waals surface area contributed by atoms with E-state index >= 15 is 0 Å². The highest BCUT2D eigenvalue weighted by molar-refractivity contribution is 7.89. The van der Waals surface area contributed by atoms with E-state index in [2.05, 4.69) is 4.72 Å². The molecule has 0 fully saturated rings. The quantitative estimate of drug-likeness (QED) is 0.591. The number of hydrogen-bond acceptors (Lipinski definition) is 2. The molecule has 1 N–H and O–H groups in total. The van der Waals surface area contributed by atoms with Crippen molar-refractivity contribution in [2.45, 2.75) is 49.8 Å². The summed E-state index contributed by atoms with van der Waals surface area (Å²) in [6, 6.07) is 5.51. The van der Waals surface area contributed by atoms with Gasteiger partial charge in [-0.2, -0.15) is 0 Å². The first-order valence-corrected chi connectivity index (χ1v) is 9.33. The average Bonchev–Trinajstić information content (AvgIpc) is 2.90. The average molecular weight is 316 g/mol. The number of sulfonamides is 1. The Bertz CT molecular complexity index is 543. The molecule has 2 rings (SSSR count). The van der Waals surface area contributed by atoms with E-state index in [1.807, 2.05) is 12.1 Å². The van der Waals surface area contributed by atoms with Crippen LogP contribution in [0, 0.1) is 0 Å². The van der Waals surface area contributed by atoms with Crippen molar-refractivity contribution in [3.8, 4) is 0 Å². The molecule has 0 aromatic heterocycles. The van der Waals surface area contributed by atoms with Gasteiger partial charge in [0, 0.05) is 12.4 Å². The number of fused-ring (bicyclic) bond motifs is 1. The standard InChI is InChI=1S/C15H22ClNO2S/c16-10-3-1-2-4-11-17-20(18,19)15-9-8-13-6-5-7-14(13)12-15/h8-9,12,17H,1-7,10-11H2. The summed E-state index contributed by atoms with van der Waals surface area (Å²) in [5, 5.41) is 0. The Hall–Kier alpha value is -0.580. The Balaban J connectivity index is 1.87. The molecule has 0 amide bonds. The van der Waals surface area contributed by atoms with Gasteiger partial charge in [-0.15, -0.1) is 11.6 Å². The van der Waals surface area contributed by atoms with Crippen LogP contribution in [0.3, 0.4) is 0 Å². The maximum atomic E-state index is 12.2. The summed E-state index contributed by atoms with van der Waals surface area (Å²) in [4.78, 5) is 0.402. The number of unbranched alkanes of at least 4 members (excludes halogenated alkanes) is 3. The smallest absolute Gasteiger partial charge is 0.211 e. The molecule has 5 heteroatoms. The first-order chi connectivity index (χ1) is 9.63. The highest BCUT2D eigenvalue weighted by atomic mass is 35.5. The van der Waals surface area contributed by atoms with Crippen LogP contribution in [0.2, 0.25) is 0 Å². The fourth-order valence-electron chi connectivity index (χ4n) is 2.58. The van der Waals surface area contributed by atoms with Crippen molar-refractivity contribution in [3.05, 3.63) is 29.3 Å². The second kappa shape index (κ2) is 7.43. The molecule has 0 heterocycles. The summed E-state index contributed by atoms with van der Waals surface area (Å²) in [6.45, 7) is 0.502. The monoisotopic (exact) mass is 315 g/mol. The van der Waals surface area contributed by atoms with Crippen LogP contribution in [0.1, 0.15) is 43.2 Å². The van der Waals surface area contributed by atoms with Gasteiger partial charge in [-0.05, 0) is 55.4 Å². The van der Waals surface area contributed by atoms with Crippen LogP contribution in [0.4, 0.5) is 0 Å². The predicted octanol–water partition coefficient (Wildman–Crippen LogP) is 3.25. The van der Waals surface area contributed by atoms with Crippen LogP contribution < -0.4 is 4.72 Å². The summed E-state index contributed by atoms with van der Waals surface area (Å²) in [6.07, 6.45) is 7.14. The Morgan fingerprint density at radius 3 is 2.60 bits per heavy atom. The van der Waals surface area contributed by atoms with E-state index in [0.29, 0.717) is 17.3 Å². The van der Waals surface area contributed by atoms with E-state index in [-0.39, 0.29) is 0 Å². The third-order valence-corrected chi connectivity index (χ3v) is 5.46. The number of halogens is 1. The summed E-state index contributed by atoms with van der Waals surface area (Å²) in [5.74, 6) is 0.681. The van der Waals surface area contributed by atoms with Crippen molar-refractivity contribution >= 4 is 21.6 Å². The maximum Gasteiger partial charge on any atom is 0.240 e. The zero-order chi connectivity index (χ0) is 14.4. The number of rotatable bonds is 8. The molecule has 0 saturated heterocycles. The number of nitrogens with one attached hydrogen (secondary N) is 1. The highest BCUT2D eigenvalue weighted by Crippen LogP contribution is 2.24. The number of benzene rings is 1. The molecule has 0 saturated carbocycles. The van der Waals surface area contributed by atoms with Crippen LogP contribution >= 0.6 is 11.6 Å². The minimum absolute atomic E-state index is 0.402. The van der Waals surface area contributed by atoms with E-state index in [0.717, 1.165) is 44.9 Å². The van der Waals surface area contributed by atoms with Crippen molar-refractivity contribution < 1.29 is 8.42 Å². The molecular formula is C15H22ClNO2S. The predicted molar refractivity (Wildman–Crippen MR) is 82.8 cm³/mol. The first kappa shape index (κ1) is 15.8. The third-order valence-electron chi connectivity index (χ3n) is 3.73. The van der Waals surface area contributed by atoms with Crippen molar-refractivity contribution in [1.82, 2.24) is 4.72 Å². The maximum absolute atomic E-state index is 12.2. The fraction of sp³-hybridized carbons (Fsp3) is 0.600. The fourth-order valence-corrected chi connectivity index (χ4v) is 3.89. The van der Waals surface area contributed by atoms with Crippen LogP contribution in [0.5, 0.6) is 0 Å². The van der Waals surface area contributed by atoms with Gasteiger partial charge in [0.2, 0.25) is 10.0 Å². The molecule has 3 nitrogen and oxygen atoms in total. The first-order valence-electron chi connectivity index (χ1n) is 7.31.